The Morgan fingerprint density at radius 3 is 2.58 bits per heavy atom. The van der Waals surface area contributed by atoms with Crippen LogP contribution in [0, 0.1) is 6.92 Å². The molecule has 0 spiro atoms. The molecule has 0 saturated carbocycles. The Morgan fingerprint density at radius 1 is 1.16 bits per heavy atom. The predicted octanol–water partition coefficient (Wildman–Crippen LogP) is 2.38. The van der Waals surface area contributed by atoms with Crippen molar-refractivity contribution in [3.8, 4) is 0 Å². The van der Waals surface area contributed by atoms with Gasteiger partial charge in [0.25, 0.3) is 0 Å². The zero-order chi connectivity index (χ0) is 13.7. The summed E-state index contributed by atoms with van der Waals surface area (Å²) in [6, 6.07) is 16.5. The fraction of sp³-hybridized carbons (Fsp3) is 0.125. The Bertz CT molecular complexity index is 552. The Labute approximate surface area is 113 Å². The number of amides is 1. The summed E-state index contributed by atoms with van der Waals surface area (Å²) >= 11 is 0. The second-order valence-corrected chi connectivity index (χ2v) is 4.49. The molecular weight excluding hydrogens is 236 g/mol. The van der Waals surface area contributed by atoms with Gasteiger partial charge in [0.1, 0.15) is 0 Å². The highest BCUT2D eigenvalue weighted by atomic mass is 16.2. The molecule has 2 aromatic carbocycles. The van der Waals surface area contributed by atoms with Crippen LogP contribution in [-0.4, -0.2) is 11.9 Å². The minimum Gasteiger partial charge on any atom is -0.325 e. The molecular formula is C16H17N2O. The fourth-order valence-corrected chi connectivity index (χ4v) is 1.84. The standard InChI is InChI=1S/C16H17N2O/c1-12-6-5-9-14(10-12)18-16(19)15(17)11-13-7-3-2-4-8-13/h2-10,15H,1,11,17H2,(H,18,19)/t15-/m0/s1. The quantitative estimate of drug-likeness (QED) is 0.879. The molecule has 0 aliphatic carbocycles. The molecule has 0 aromatic heterocycles. The lowest BCUT2D eigenvalue weighted by Crippen LogP contribution is -2.37. The lowest BCUT2D eigenvalue weighted by molar-refractivity contribution is -0.117. The summed E-state index contributed by atoms with van der Waals surface area (Å²) in [5.74, 6) is -0.186. The SMILES string of the molecule is [CH2]c1cccc(NC(=O)[C@@H](N)Cc2ccccc2)c1. The summed E-state index contributed by atoms with van der Waals surface area (Å²) in [4.78, 5) is 12.0. The minimum absolute atomic E-state index is 0.186. The first-order chi connectivity index (χ1) is 9.15. The van der Waals surface area contributed by atoms with Crippen LogP contribution in [0.15, 0.2) is 54.6 Å². The number of rotatable bonds is 4. The van der Waals surface area contributed by atoms with Crippen molar-refractivity contribution in [3.63, 3.8) is 0 Å². The van der Waals surface area contributed by atoms with Crippen molar-refractivity contribution in [1.82, 2.24) is 0 Å². The molecule has 3 nitrogen and oxygen atoms in total. The Balaban J connectivity index is 1.96. The summed E-state index contributed by atoms with van der Waals surface area (Å²) in [5.41, 5.74) is 8.54. The molecule has 1 radical (unpaired) electrons. The van der Waals surface area contributed by atoms with Crippen LogP contribution in [0.1, 0.15) is 11.1 Å². The van der Waals surface area contributed by atoms with Crippen LogP contribution in [0.4, 0.5) is 5.69 Å². The van der Waals surface area contributed by atoms with E-state index in [9.17, 15) is 4.79 Å². The second-order valence-electron chi connectivity index (χ2n) is 4.49. The van der Waals surface area contributed by atoms with Gasteiger partial charge in [0, 0.05) is 5.69 Å². The number of nitrogens with one attached hydrogen (secondary N) is 1. The molecule has 19 heavy (non-hydrogen) atoms. The van der Waals surface area contributed by atoms with Crippen LogP contribution in [-0.2, 0) is 11.2 Å². The molecule has 1 amide bonds. The zero-order valence-electron chi connectivity index (χ0n) is 10.7. The maximum Gasteiger partial charge on any atom is 0.241 e. The van der Waals surface area contributed by atoms with Crippen molar-refractivity contribution < 1.29 is 4.79 Å². The lowest BCUT2D eigenvalue weighted by atomic mass is 10.1. The Morgan fingerprint density at radius 2 is 1.89 bits per heavy atom. The van der Waals surface area contributed by atoms with Crippen LogP contribution in [0.5, 0.6) is 0 Å². The van der Waals surface area contributed by atoms with Crippen molar-refractivity contribution in [3.05, 3.63) is 72.6 Å². The Hall–Kier alpha value is -2.13. The molecule has 2 aromatic rings. The number of carbonyl (C=O) groups excluding carboxylic acids is 1. The van der Waals surface area contributed by atoms with E-state index >= 15 is 0 Å². The third-order valence-corrected chi connectivity index (χ3v) is 2.83. The van der Waals surface area contributed by atoms with Crippen LogP contribution in [0.3, 0.4) is 0 Å². The molecule has 0 aliphatic rings. The zero-order valence-corrected chi connectivity index (χ0v) is 10.7. The van der Waals surface area contributed by atoms with Crippen molar-refractivity contribution in [2.75, 3.05) is 5.32 Å². The monoisotopic (exact) mass is 253 g/mol. The highest BCUT2D eigenvalue weighted by Crippen LogP contribution is 2.10. The maximum absolute atomic E-state index is 12.0. The van der Waals surface area contributed by atoms with Gasteiger partial charge in [-0.1, -0.05) is 42.5 Å². The van der Waals surface area contributed by atoms with Gasteiger partial charge in [-0.2, -0.15) is 0 Å². The molecule has 3 N–H and O–H groups in total. The van der Waals surface area contributed by atoms with E-state index in [1.165, 1.54) is 0 Å². The van der Waals surface area contributed by atoms with Crippen molar-refractivity contribution in [2.24, 2.45) is 5.73 Å². The van der Waals surface area contributed by atoms with Gasteiger partial charge >= 0.3 is 0 Å². The molecule has 0 unspecified atom stereocenters. The first-order valence-corrected chi connectivity index (χ1v) is 6.17. The second kappa shape index (κ2) is 6.16. The summed E-state index contributed by atoms with van der Waals surface area (Å²) in [7, 11) is 0. The topological polar surface area (TPSA) is 55.1 Å². The number of carbonyl (C=O) groups is 1. The molecule has 0 aliphatic heterocycles. The van der Waals surface area contributed by atoms with Crippen LogP contribution in [0.2, 0.25) is 0 Å². The molecule has 1 atom stereocenters. The van der Waals surface area contributed by atoms with Gasteiger partial charge in [0.05, 0.1) is 6.04 Å². The van der Waals surface area contributed by atoms with Gasteiger partial charge in [-0.3, -0.25) is 4.79 Å². The highest BCUT2D eigenvalue weighted by Gasteiger charge is 2.14. The Kier molecular flexibility index (Phi) is 4.31. The van der Waals surface area contributed by atoms with Gasteiger partial charge in [-0.15, -0.1) is 0 Å². The molecule has 97 valence electrons. The van der Waals surface area contributed by atoms with Crippen molar-refractivity contribution >= 4 is 11.6 Å². The van der Waals surface area contributed by atoms with E-state index < -0.39 is 6.04 Å². The van der Waals surface area contributed by atoms with Gasteiger partial charge in [0.2, 0.25) is 5.91 Å². The summed E-state index contributed by atoms with van der Waals surface area (Å²) in [6.07, 6.45) is 0.525. The highest BCUT2D eigenvalue weighted by molar-refractivity contribution is 5.94. The van der Waals surface area contributed by atoms with Crippen LogP contribution < -0.4 is 11.1 Å². The van der Waals surface area contributed by atoms with Crippen molar-refractivity contribution in [2.45, 2.75) is 12.5 Å². The normalized spacial score (nSPS) is 11.9. The van der Waals surface area contributed by atoms with Crippen LogP contribution in [0.25, 0.3) is 0 Å². The van der Waals surface area contributed by atoms with Gasteiger partial charge in [-0.05, 0) is 36.6 Å². The third-order valence-electron chi connectivity index (χ3n) is 2.83. The number of anilines is 1. The van der Waals surface area contributed by atoms with E-state index in [1.54, 1.807) is 0 Å². The molecule has 3 heteroatoms. The smallest absolute Gasteiger partial charge is 0.241 e. The molecule has 2 rings (SSSR count). The minimum atomic E-state index is -0.559. The molecule has 0 heterocycles. The van der Waals surface area contributed by atoms with E-state index in [2.05, 4.69) is 12.2 Å². The molecule has 0 bridgehead atoms. The van der Waals surface area contributed by atoms with E-state index in [0.717, 1.165) is 16.8 Å². The number of benzene rings is 2. The number of hydrogen-bond donors (Lipinski definition) is 2. The van der Waals surface area contributed by atoms with Crippen LogP contribution >= 0.6 is 0 Å². The van der Waals surface area contributed by atoms with E-state index in [0.29, 0.717) is 6.42 Å². The van der Waals surface area contributed by atoms with Crippen molar-refractivity contribution in [1.29, 1.82) is 0 Å². The van der Waals surface area contributed by atoms with E-state index in [4.69, 9.17) is 5.73 Å². The summed E-state index contributed by atoms with van der Waals surface area (Å²) < 4.78 is 0. The summed E-state index contributed by atoms with van der Waals surface area (Å²) in [5, 5.41) is 2.80. The third kappa shape index (κ3) is 3.93. The van der Waals surface area contributed by atoms with E-state index in [1.807, 2.05) is 54.6 Å². The average molecular weight is 253 g/mol. The molecule has 0 saturated heterocycles. The van der Waals surface area contributed by atoms with E-state index in [-0.39, 0.29) is 5.91 Å². The van der Waals surface area contributed by atoms with Gasteiger partial charge < -0.3 is 11.1 Å². The maximum atomic E-state index is 12.0. The largest absolute Gasteiger partial charge is 0.325 e. The molecule has 0 fully saturated rings. The summed E-state index contributed by atoms with van der Waals surface area (Å²) in [6.45, 7) is 3.82. The number of nitrogens with two attached hydrogens (primary N) is 1. The first kappa shape index (κ1) is 13.3. The fourth-order valence-electron chi connectivity index (χ4n) is 1.84. The number of hydrogen-bond acceptors (Lipinski definition) is 2. The predicted molar refractivity (Wildman–Crippen MR) is 77.7 cm³/mol. The van der Waals surface area contributed by atoms with Gasteiger partial charge in [0.15, 0.2) is 0 Å². The average Bonchev–Trinajstić information content (AvgIpc) is 2.40. The lowest BCUT2D eigenvalue weighted by Gasteiger charge is -2.12. The van der Waals surface area contributed by atoms with Gasteiger partial charge in [-0.25, -0.2) is 0 Å². The first-order valence-electron chi connectivity index (χ1n) is 6.17.